The van der Waals surface area contributed by atoms with Crippen LogP contribution in [0.1, 0.15) is 18.5 Å². The maximum absolute atomic E-state index is 12.3. The van der Waals surface area contributed by atoms with Gasteiger partial charge in [-0.25, -0.2) is 4.79 Å². The summed E-state index contributed by atoms with van der Waals surface area (Å²) >= 11 is 3.15. The Hall–Kier alpha value is -1.67. The molecule has 2 aromatic carbocycles. The van der Waals surface area contributed by atoms with E-state index >= 15 is 0 Å². The molecule has 1 atom stereocenters. The molecule has 1 unspecified atom stereocenters. The lowest BCUT2D eigenvalue weighted by atomic mass is 10.1. The number of amides is 2. The molecule has 0 spiro atoms. The van der Waals surface area contributed by atoms with Crippen LogP contribution in [-0.4, -0.2) is 11.5 Å². The van der Waals surface area contributed by atoms with Gasteiger partial charge in [-0.05, 0) is 60.6 Å². The van der Waals surface area contributed by atoms with Gasteiger partial charge >= 0.3 is 11.5 Å². The molecule has 8 heteroatoms. The minimum atomic E-state index is -4.33. The summed E-state index contributed by atoms with van der Waals surface area (Å²) < 4.78 is 37.7. The van der Waals surface area contributed by atoms with Crippen LogP contribution < -0.4 is 10.6 Å². The molecule has 2 rings (SSSR count). The lowest BCUT2D eigenvalue weighted by Gasteiger charge is -2.15. The highest BCUT2D eigenvalue weighted by atomic mass is 79.9. The molecule has 0 heterocycles. The van der Waals surface area contributed by atoms with E-state index < -0.39 is 11.5 Å². The van der Waals surface area contributed by atoms with Gasteiger partial charge in [-0.1, -0.05) is 28.1 Å². The molecule has 0 radical (unpaired) electrons. The molecule has 128 valence electrons. The monoisotopic (exact) mass is 418 g/mol. The topological polar surface area (TPSA) is 41.1 Å². The summed E-state index contributed by atoms with van der Waals surface area (Å²) in [5.74, 6) is 0. The number of anilines is 1. The van der Waals surface area contributed by atoms with Crippen molar-refractivity contribution in [2.75, 3.05) is 5.32 Å². The van der Waals surface area contributed by atoms with Gasteiger partial charge in [-0.2, -0.15) is 13.2 Å². The molecule has 3 nitrogen and oxygen atoms in total. The Bertz CT molecular complexity index is 690. The number of urea groups is 1. The normalized spacial score (nSPS) is 12.5. The first kappa shape index (κ1) is 18.7. The first-order valence-corrected chi connectivity index (χ1v) is 8.53. The van der Waals surface area contributed by atoms with Crippen molar-refractivity contribution < 1.29 is 18.0 Å². The van der Waals surface area contributed by atoms with E-state index in [9.17, 15) is 18.0 Å². The van der Waals surface area contributed by atoms with Crippen LogP contribution in [0, 0.1) is 0 Å². The second kappa shape index (κ2) is 7.94. The molecule has 0 saturated heterocycles. The number of halogens is 4. The van der Waals surface area contributed by atoms with Crippen LogP contribution in [-0.2, 0) is 0 Å². The van der Waals surface area contributed by atoms with E-state index in [1.54, 1.807) is 0 Å². The number of benzene rings is 2. The van der Waals surface area contributed by atoms with Crippen molar-refractivity contribution in [1.82, 2.24) is 5.32 Å². The van der Waals surface area contributed by atoms with Crippen molar-refractivity contribution in [3.63, 3.8) is 0 Å². The van der Waals surface area contributed by atoms with Crippen LogP contribution in [0.25, 0.3) is 0 Å². The van der Waals surface area contributed by atoms with E-state index in [1.807, 2.05) is 31.2 Å². The predicted octanol–water partition coefficient (Wildman–Crippen LogP) is 5.94. The lowest BCUT2D eigenvalue weighted by Crippen LogP contribution is -2.31. The van der Waals surface area contributed by atoms with Crippen molar-refractivity contribution in [2.24, 2.45) is 0 Å². The van der Waals surface area contributed by atoms with Gasteiger partial charge in [-0.15, -0.1) is 0 Å². The van der Waals surface area contributed by atoms with Crippen LogP contribution in [0.3, 0.4) is 0 Å². The van der Waals surface area contributed by atoms with Gasteiger partial charge in [0.1, 0.15) is 0 Å². The number of alkyl halides is 3. The smallest absolute Gasteiger partial charge is 0.331 e. The molecule has 0 aromatic heterocycles. The Morgan fingerprint density at radius 2 is 1.67 bits per heavy atom. The number of carbonyl (C=O) groups is 1. The van der Waals surface area contributed by atoms with E-state index in [2.05, 4.69) is 26.6 Å². The summed E-state index contributed by atoms with van der Waals surface area (Å²) in [5, 5.41) is 5.36. The Balaban J connectivity index is 1.91. The standard InChI is InChI=1S/C16H14BrF3N2OS/c1-10(11-2-4-12(17)5-3-11)21-15(23)22-13-6-8-14(9-7-13)24-16(18,19)20/h2-10H,1H3,(H2,21,22,23). The Kier molecular flexibility index (Phi) is 6.17. The fourth-order valence-corrected chi connectivity index (χ4v) is 2.74. The van der Waals surface area contributed by atoms with Crippen LogP contribution in [0.15, 0.2) is 57.9 Å². The number of hydrogen-bond donors (Lipinski definition) is 2. The number of thioether (sulfide) groups is 1. The summed E-state index contributed by atoms with van der Waals surface area (Å²) in [5.41, 5.74) is -2.97. The average Bonchev–Trinajstić information content (AvgIpc) is 2.48. The van der Waals surface area contributed by atoms with Gasteiger partial charge in [0.2, 0.25) is 0 Å². The molecule has 0 saturated carbocycles. The van der Waals surface area contributed by atoms with Crippen molar-refractivity contribution in [2.45, 2.75) is 23.4 Å². The largest absolute Gasteiger partial charge is 0.446 e. The van der Waals surface area contributed by atoms with Gasteiger partial charge in [0.05, 0.1) is 6.04 Å². The fraction of sp³-hybridized carbons (Fsp3) is 0.188. The molecule has 24 heavy (non-hydrogen) atoms. The summed E-state index contributed by atoms with van der Waals surface area (Å²) in [6.45, 7) is 1.84. The molecule has 2 amide bonds. The highest BCUT2D eigenvalue weighted by molar-refractivity contribution is 9.10. The Morgan fingerprint density at radius 3 is 2.21 bits per heavy atom. The molecular weight excluding hydrogens is 405 g/mol. The predicted molar refractivity (Wildman–Crippen MR) is 93.1 cm³/mol. The van der Waals surface area contributed by atoms with E-state index in [-0.39, 0.29) is 22.7 Å². The molecule has 0 fully saturated rings. The molecule has 0 aliphatic heterocycles. The van der Waals surface area contributed by atoms with Gasteiger partial charge in [0.25, 0.3) is 0 Å². The maximum Gasteiger partial charge on any atom is 0.446 e. The lowest BCUT2D eigenvalue weighted by molar-refractivity contribution is -0.0328. The van der Waals surface area contributed by atoms with Crippen LogP contribution >= 0.6 is 27.7 Å². The van der Waals surface area contributed by atoms with Gasteiger partial charge < -0.3 is 10.6 Å². The van der Waals surface area contributed by atoms with Crippen molar-refractivity contribution >= 4 is 39.4 Å². The molecule has 2 aromatic rings. The zero-order valence-corrected chi connectivity index (χ0v) is 14.9. The number of rotatable bonds is 4. The fourth-order valence-electron chi connectivity index (χ4n) is 1.94. The molecule has 0 aliphatic rings. The Morgan fingerprint density at radius 1 is 1.08 bits per heavy atom. The van der Waals surface area contributed by atoms with Crippen molar-refractivity contribution in [3.8, 4) is 0 Å². The third-order valence-corrected chi connectivity index (χ3v) is 4.33. The quantitative estimate of drug-likeness (QED) is 0.602. The summed E-state index contributed by atoms with van der Waals surface area (Å²) in [7, 11) is 0. The first-order valence-electron chi connectivity index (χ1n) is 6.92. The van der Waals surface area contributed by atoms with Gasteiger partial charge in [0, 0.05) is 15.1 Å². The first-order chi connectivity index (χ1) is 11.2. The second-order valence-corrected chi connectivity index (χ2v) is 7.00. The minimum Gasteiger partial charge on any atom is -0.331 e. The molecule has 2 N–H and O–H groups in total. The van der Waals surface area contributed by atoms with Crippen molar-refractivity contribution in [1.29, 1.82) is 0 Å². The maximum atomic E-state index is 12.3. The SMILES string of the molecule is CC(NC(=O)Nc1ccc(SC(F)(F)F)cc1)c1ccc(Br)cc1. The van der Waals surface area contributed by atoms with Crippen LogP contribution in [0.4, 0.5) is 23.7 Å². The third-order valence-electron chi connectivity index (χ3n) is 3.06. The molecular formula is C16H14BrF3N2OS. The van der Waals surface area contributed by atoms with E-state index in [0.717, 1.165) is 10.0 Å². The van der Waals surface area contributed by atoms with E-state index in [4.69, 9.17) is 0 Å². The summed E-state index contributed by atoms with van der Waals surface area (Å²) in [6, 6.07) is 12.4. The summed E-state index contributed by atoms with van der Waals surface area (Å²) in [6.07, 6.45) is 0. The highest BCUT2D eigenvalue weighted by Gasteiger charge is 2.29. The minimum absolute atomic E-state index is 0.0664. The Labute approximate surface area is 150 Å². The molecule has 0 bridgehead atoms. The van der Waals surface area contributed by atoms with Gasteiger partial charge in [-0.3, -0.25) is 0 Å². The third kappa shape index (κ3) is 6.09. The average molecular weight is 419 g/mol. The van der Waals surface area contributed by atoms with Crippen LogP contribution in [0.2, 0.25) is 0 Å². The summed E-state index contributed by atoms with van der Waals surface area (Å²) in [4.78, 5) is 12.0. The van der Waals surface area contributed by atoms with E-state index in [0.29, 0.717) is 5.69 Å². The number of nitrogens with one attached hydrogen (secondary N) is 2. The number of hydrogen-bond acceptors (Lipinski definition) is 2. The van der Waals surface area contributed by atoms with Crippen molar-refractivity contribution in [3.05, 3.63) is 58.6 Å². The van der Waals surface area contributed by atoms with Gasteiger partial charge in [0.15, 0.2) is 0 Å². The zero-order chi connectivity index (χ0) is 17.7. The molecule has 0 aliphatic carbocycles. The second-order valence-electron chi connectivity index (χ2n) is 4.94. The van der Waals surface area contributed by atoms with E-state index in [1.165, 1.54) is 24.3 Å². The van der Waals surface area contributed by atoms with Crippen LogP contribution in [0.5, 0.6) is 0 Å². The highest BCUT2D eigenvalue weighted by Crippen LogP contribution is 2.37. The number of carbonyl (C=O) groups excluding carboxylic acids is 1. The zero-order valence-electron chi connectivity index (χ0n) is 12.5.